The predicted molar refractivity (Wildman–Crippen MR) is 49.6 cm³/mol. The van der Waals surface area contributed by atoms with Gasteiger partial charge < -0.3 is 0 Å². The summed E-state index contributed by atoms with van der Waals surface area (Å²) in [6, 6.07) is 2.50. The molecule has 78 valence electrons. The molecular weight excluding hydrogens is 236 g/mol. The third-order valence-corrected chi connectivity index (χ3v) is 3.02. The van der Waals surface area contributed by atoms with Gasteiger partial charge in [0.25, 0.3) is 0 Å². The molecule has 0 fully saturated rings. The molecule has 1 aromatic carbocycles. The summed E-state index contributed by atoms with van der Waals surface area (Å²) in [6.45, 7) is 0. The second-order valence-electron chi connectivity index (χ2n) is 2.45. The summed E-state index contributed by atoms with van der Waals surface area (Å²) in [5.74, 6) is -1.77. The van der Waals surface area contributed by atoms with Gasteiger partial charge in [0, 0.05) is 6.07 Å². The minimum absolute atomic E-state index is 0.327. The van der Waals surface area contributed by atoms with Crippen molar-refractivity contribution in [3.05, 3.63) is 29.8 Å². The van der Waals surface area contributed by atoms with Gasteiger partial charge in [-0.1, -0.05) is 0 Å². The molecule has 0 spiro atoms. The van der Waals surface area contributed by atoms with Crippen molar-refractivity contribution in [3.8, 4) is 0 Å². The Morgan fingerprint density at radius 3 is 2.50 bits per heavy atom. The van der Waals surface area contributed by atoms with E-state index in [2.05, 4.69) is 0 Å². The highest BCUT2D eigenvalue weighted by molar-refractivity contribution is 7.93. The molecule has 0 heterocycles. The van der Waals surface area contributed by atoms with E-state index in [-0.39, 0.29) is 5.69 Å². The van der Waals surface area contributed by atoms with Crippen LogP contribution < -0.4 is 4.72 Å². The van der Waals surface area contributed by atoms with E-state index in [1.807, 2.05) is 4.72 Å². The van der Waals surface area contributed by atoms with Crippen molar-refractivity contribution < 1.29 is 17.2 Å². The molecule has 0 aromatic heterocycles. The fraction of sp³-hybridized carbons (Fsp3) is 0.143. The molecule has 1 rings (SSSR count). The molecule has 0 unspecified atom stereocenters. The van der Waals surface area contributed by atoms with Crippen LogP contribution in [0.4, 0.5) is 14.5 Å². The summed E-state index contributed by atoms with van der Waals surface area (Å²) in [7, 11) is -3.75. The Labute approximate surface area is 84.7 Å². The zero-order chi connectivity index (χ0) is 10.8. The maximum absolute atomic E-state index is 12.9. The van der Waals surface area contributed by atoms with Crippen LogP contribution in [0.2, 0.25) is 0 Å². The molecule has 1 aromatic rings. The van der Waals surface area contributed by atoms with Crippen LogP contribution in [0.25, 0.3) is 0 Å². The fourth-order valence-corrected chi connectivity index (χ4v) is 1.49. The molecule has 0 atom stereocenters. The summed E-state index contributed by atoms with van der Waals surface area (Å²) in [6.07, 6.45) is 0. The number of rotatable bonds is 3. The van der Waals surface area contributed by atoms with Gasteiger partial charge in [-0.2, -0.15) is 0 Å². The van der Waals surface area contributed by atoms with Crippen LogP contribution in [-0.4, -0.2) is 13.6 Å². The van der Waals surface area contributed by atoms with Crippen molar-refractivity contribution >= 4 is 27.3 Å². The van der Waals surface area contributed by atoms with Gasteiger partial charge in [-0.3, -0.25) is 4.72 Å². The molecule has 1 N–H and O–H groups in total. The minimum Gasteiger partial charge on any atom is -0.280 e. The molecule has 0 aliphatic heterocycles. The van der Waals surface area contributed by atoms with Crippen LogP contribution in [0.5, 0.6) is 0 Å². The summed E-state index contributed by atoms with van der Waals surface area (Å²) in [4.78, 5) is 0. The Hall–Kier alpha value is -0.880. The molecule has 14 heavy (non-hydrogen) atoms. The van der Waals surface area contributed by atoms with Gasteiger partial charge in [-0.25, -0.2) is 17.2 Å². The lowest BCUT2D eigenvalue weighted by Gasteiger charge is -2.05. The molecule has 0 saturated carbocycles. The van der Waals surface area contributed by atoms with E-state index < -0.39 is 26.9 Å². The monoisotopic (exact) mass is 241 g/mol. The number of hydrogen-bond acceptors (Lipinski definition) is 2. The lowest BCUT2D eigenvalue weighted by molar-refractivity contribution is 0.583. The number of anilines is 1. The SMILES string of the molecule is O=S(=O)(CCl)Nc1ccc(F)cc1F. The quantitative estimate of drug-likeness (QED) is 0.822. The number of alkyl halides is 1. The highest BCUT2D eigenvalue weighted by Gasteiger charge is 2.11. The first-order valence-electron chi connectivity index (χ1n) is 3.46. The second-order valence-corrected chi connectivity index (χ2v) is 4.76. The molecule has 0 amide bonds. The van der Waals surface area contributed by atoms with E-state index in [4.69, 9.17) is 11.6 Å². The molecular formula is C7H6ClF2NO2S. The first-order chi connectivity index (χ1) is 6.44. The third-order valence-electron chi connectivity index (χ3n) is 1.34. The molecule has 0 aliphatic rings. The van der Waals surface area contributed by atoms with Crippen LogP contribution in [0.1, 0.15) is 0 Å². The van der Waals surface area contributed by atoms with Crippen LogP contribution >= 0.6 is 11.6 Å². The highest BCUT2D eigenvalue weighted by Crippen LogP contribution is 2.16. The predicted octanol–water partition coefficient (Wildman–Crippen LogP) is 1.90. The Bertz CT molecular complexity index is 435. The Morgan fingerprint density at radius 1 is 1.36 bits per heavy atom. The number of halogens is 3. The van der Waals surface area contributed by atoms with Crippen molar-refractivity contribution in [1.29, 1.82) is 0 Å². The highest BCUT2D eigenvalue weighted by atomic mass is 35.5. The van der Waals surface area contributed by atoms with Crippen molar-refractivity contribution in [2.45, 2.75) is 0 Å². The van der Waals surface area contributed by atoms with E-state index in [0.29, 0.717) is 6.07 Å². The third kappa shape index (κ3) is 2.81. The van der Waals surface area contributed by atoms with Gasteiger partial charge >= 0.3 is 0 Å². The van der Waals surface area contributed by atoms with Gasteiger partial charge in [-0.05, 0) is 12.1 Å². The Kier molecular flexibility index (Phi) is 3.28. The molecule has 7 heteroatoms. The molecule has 0 saturated heterocycles. The van der Waals surface area contributed by atoms with E-state index in [1.54, 1.807) is 0 Å². The van der Waals surface area contributed by atoms with Gasteiger partial charge in [-0.15, -0.1) is 11.6 Å². The van der Waals surface area contributed by atoms with Gasteiger partial charge in [0.05, 0.1) is 5.69 Å². The standard InChI is InChI=1S/C7H6ClF2NO2S/c8-4-14(12,13)11-7-2-1-5(9)3-6(7)10/h1-3,11H,4H2. The lowest BCUT2D eigenvalue weighted by atomic mass is 10.3. The van der Waals surface area contributed by atoms with Gasteiger partial charge in [0.2, 0.25) is 10.0 Å². The van der Waals surface area contributed by atoms with Gasteiger partial charge in [0.1, 0.15) is 16.8 Å². The number of sulfonamides is 1. The van der Waals surface area contributed by atoms with E-state index in [9.17, 15) is 17.2 Å². The number of benzene rings is 1. The van der Waals surface area contributed by atoms with Crippen molar-refractivity contribution in [2.75, 3.05) is 9.93 Å². The smallest absolute Gasteiger partial charge is 0.246 e. The second kappa shape index (κ2) is 4.10. The van der Waals surface area contributed by atoms with E-state index >= 15 is 0 Å². The van der Waals surface area contributed by atoms with E-state index in [0.717, 1.165) is 12.1 Å². The van der Waals surface area contributed by atoms with Crippen LogP contribution in [-0.2, 0) is 10.0 Å². The summed E-state index contributed by atoms with van der Waals surface area (Å²) >= 11 is 5.08. The first kappa shape index (κ1) is 11.2. The largest absolute Gasteiger partial charge is 0.280 e. The van der Waals surface area contributed by atoms with Crippen LogP contribution in [0.15, 0.2) is 18.2 Å². The first-order valence-corrected chi connectivity index (χ1v) is 5.65. The summed E-state index contributed by atoms with van der Waals surface area (Å²) < 4.78 is 49.0. The van der Waals surface area contributed by atoms with Gasteiger partial charge in [0.15, 0.2) is 0 Å². The average Bonchev–Trinajstić information content (AvgIpc) is 2.10. The fourth-order valence-electron chi connectivity index (χ4n) is 0.767. The molecule has 0 radical (unpaired) electrons. The Balaban J connectivity index is 2.99. The summed E-state index contributed by atoms with van der Waals surface area (Å²) in [5.41, 5.74) is -0.327. The zero-order valence-electron chi connectivity index (χ0n) is 6.80. The van der Waals surface area contributed by atoms with Crippen LogP contribution in [0.3, 0.4) is 0 Å². The maximum Gasteiger partial charge on any atom is 0.246 e. The molecule has 3 nitrogen and oxygen atoms in total. The van der Waals surface area contributed by atoms with Crippen molar-refractivity contribution in [3.63, 3.8) is 0 Å². The van der Waals surface area contributed by atoms with Crippen molar-refractivity contribution in [1.82, 2.24) is 0 Å². The molecule has 0 bridgehead atoms. The molecule has 0 aliphatic carbocycles. The van der Waals surface area contributed by atoms with E-state index in [1.165, 1.54) is 0 Å². The number of hydrogen-bond donors (Lipinski definition) is 1. The van der Waals surface area contributed by atoms with Crippen molar-refractivity contribution in [2.24, 2.45) is 0 Å². The number of nitrogens with one attached hydrogen (secondary N) is 1. The topological polar surface area (TPSA) is 46.2 Å². The maximum atomic E-state index is 12.9. The Morgan fingerprint density at radius 2 is 2.00 bits per heavy atom. The lowest BCUT2D eigenvalue weighted by Crippen LogP contribution is -2.14. The van der Waals surface area contributed by atoms with Crippen LogP contribution in [0, 0.1) is 11.6 Å². The normalized spacial score (nSPS) is 11.4. The average molecular weight is 242 g/mol. The zero-order valence-corrected chi connectivity index (χ0v) is 8.37. The minimum atomic E-state index is -3.75. The summed E-state index contributed by atoms with van der Waals surface area (Å²) in [5, 5.41) is -0.691.